The molecule has 0 aromatic heterocycles. The van der Waals surface area contributed by atoms with Crippen LogP contribution >= 0.6 is 27.5 Å². The number of halogens is 2. The van der Waals surface area contributed by atoms with Gasteiger partial charge in [0.15, 0.2) is 0 Å². The molecular weight excluding hydrogens is 338 g/mol. The van der Waals surface area contributed by atoms with Crippen LogP contribution in [-0.2, 0) is 6.54 Å². The van der Waals surface area contributed by atoms with Gasteiger partial charge >= 0.3 is 0 Å². The number of rotatable bonds is 4. The normalized spacial score (nSPS) is 10.3. The van der Waals surface area contributed by atoms with E-state index in [1.165, 1.54) is 0 Å². The standard InChI is InChI=1S/C16H15BrClNO/c1-2-19(11-12-5-3-8-15(18)9-12)16(20)13-6-4-7-14(17)10-13/h3-10H,2,11H2,1H3. The van der Waals surface area contributed by atoms with E-state index >= 15 is 0 Å². The minimum absolute atomic E-state index is 0.0220. The lowest BCUT2D eigenvalue weighted by molar-refractivity contribution is 0.0752. The molecule has 0 spiro atoms. The number of carbonyl (C=O) groups is 1. The van der Waals surface area contributed by atoms with Gasteiger partial charge in [0.1, 0.15) is 0 Å². The Kier molecular flexibility index (Phi) is 5.21. The van der Waals surface area contributed by atoms with Gasteiger partial charge in [-0.3, -0.25) is 4.79 Å². The van der Waals surface area contributed by atoms with Crippen LogP contribution in [0.5, 0.6) is 0 Å². The van der Waals surface area contributed by atoms with Crippen molar-refractivity contribution in [3.63, 3.8) is 0 Å². The third-order valence-corrected chi connectivity index (χ3v) is 3.73. The Balaban J connectivity index is 2.18. The summed E-state index contributed by atoms with van der Waals surface area (Å²) in [7, 11) is 0. The van der Waals surface area contributed by atoms with E-state index in [0.717, 1.165) is 10.0 Å². The van der Waals surface area contributed by atoms with E-state index in [1.54, 1.807) is 4.90 Å². The van der Waals surface area contributed by atoms with Crippen molar-refractivity contribution in [3.05, 3.63) is 69.2 Å². The summed E-state index contributed by atoms with van der Waals surface area (Å²) >= 11 is 9.37. The second-order valence-electron chi connectivity index (χ2n) is 4.46. The molecule has 0 aliphatic carbocycles. The van der Waals surface area contributed by atoms with Gasteiger partial charge in [-0.05, 0) is 42.8 Å². The Morgan fingerprint density at radius 1 is 1.20 bits per heavy atom. The minimum atomic E-state index is 0.0220. The van der Waals surface area contributed by atoms with Crippen LogP contribution in [-0.4, -0.2) is 17.4 Å². The van der Waals surface area contributed by atoms with Crippen molar-refractivity contribution < 1.29 is 4.79 Å². The van der Waals surface area contributed by atoms with E-state index in [2.05, 4.69) is 15.9 Å². The molecule has 2 nitrogen and oxygen atoms in total. The highest BCUT2D eigenvalue weighted by Gasteiger charge is 2.14. The SMILES string of the molecule is CCN(Cc1cccc(Cl)c1)C(=O)c1cccc(Br)c1. The van der Waals surface area contributed by atoms with Gasteiger partial charge in [0.25, 0.3) is 5.91 Å². The van der Waals surface area contributed by atoms with Crippen molar-refractivity contribution in [2.75, 3.05) is 6.54 Å². The zero-order valence-electron chi connectivity index (χ0n) is 11.1. The van der Waals surface area contributed by atoms with E-state index in [0.29, 0.717) is 23.7 Å². The third kappa shape index (κ3) is 3.84. The zero-order chi connectivity index (χ0) is 14.5. The molecule has 0 N–H and O–H groups in total. The molecule has 0 heterocycles. The molecule has 4 heteroatoms. The van der Waals surface area contributed by atoms with Gasteiger partial charge in [-0.2, -0.15) is 0 Å². The summed E-state index contributed by atoms with van der Waals surface area (Å²) in [5.74, 6) is 0.0220. The lowest BCUT2D eigenvalue weighted by atomic mass is 10.1. The van der Waals surface area contributed by atoms with Crippen molar-refractivity contribution in [2.45, 2.75) is 13.5 Å². The number of nitrogens with zero attached hydrogens (tertiary/aromatic N) is 1. The fourth-order valence-corrected chi connectivity index (χ4v) is 2.60. The molecule has 20 heavy (non-hydrogen) atoms. The van der Waals surface area contributed by atoms with Crippen molar-refractivity contribution in [1.82, 2.24) is 4.90 Å². The number of hydrogen-bond acceptors (Lipinski definition) is 1. The molecule has 2 aromatic carbocycles. The van der Waals surface area contributed by atoms with Crippen LogP contribution in [0.4, 0.5) is 0 Å². The molecule has 2 aromatic rings. The predicted molar refractivity (Wildman–Crippen MR) is 86.0 cm³/mol. The van der Waals surface area contributed by atoms with Gasteiger partial charge in [0.2, 0.25) is 0 Å². The second-order valence-corrected chi connectivity index (χ2v) is 5.81. The monoisotopic (exact) mass is 351 g/mol. The van der Waals surface area contributed by atoms with Crippen LogP contribution in [0.15, 0.2) is 53.0 Å². The summed E-state index contributed by atoms with van der Waals surface area (Å²) in [6.45, 7) is 3.18. The number of amides is 1. The quantitative estimate of drug-likeness (QED) is 0.776. The van der Waals surface area contributed by atoms with E-state index < -0.39 is 0 Å². The van der Waals surface area contributed by atoms with Crippen molar-refractivity contribution in [2.24, 2.45) is 0 Å². The van der Waals surface area contributed by atoms with E-state index in [1.807, 2.05) is 55.5 Å². The van der Waals surface area contributed by atoms with Crippen LogP contribution in [0.2, 0.25) is 5.02 Å². The van der Waals surface area contributed by atoms with Gasteiger partial charge in [-0.25, -0.2) is 0 Å². The fourth-order valence-electron chi connectivity index (χ4n) is 1.99. The Bertz CT molecular complexity index is 615. The molecule has 0 bridgehead atoms. The molecular formula is C16H15BrClNO. The minimum Gasteiger partial charge on any atom is -0.335 e. The van der Waals surface area contributed by atoms with E-state index in [-0.39, 0.29) is 5.91 Å². The van der Waals surface area contributed by atoms with Crippen LogP contribution in [0.3, 0.4) is 0 Å². The predicted octanol–water partition coefficient (Wildman–Crippen LogP) is 4.76. The summed E-state index contributed by atoms with van der Waals surface area (Å²) in [6.07, 6.45) is 0. The van der Waals surface area contributed by atoms with Gasteiger partial charge in [0, 0.05) is 28.1 Å². The average molecular weight is 353 g/mol. The highest BCUT2D eigenvalue weighted by molar-refractivity contribution is 9.10. The average Bonchev–Trinajstić information content (AvgIpc) is 2.44. The molecule has 1 amide bonds. The maximum atomic E-state index is 12.5. The van der Waals surface area contributed by atoms with Gasteiger partial charge in [0.05, 0.1) is 0 Å². The van der Waals surface area contributed by atoms with E-state index in [4.69, 9.17) is 11.6 Å². The molecule has 0 aliphatic heterocycles. The van der Waals surface area contributed by atoms with Gasteiger partial charge in [-0.1, -0.05) is 45.7 Å². The smallest absolute Gasteiger partial charge is 0.254 e. The Morgan fingerprint density at radius 2 is 1.95 bits per heavy atom. The molecule has 0 atom stereocenters. The largest absolute Gasteiger partial charge is 0.335 e. The first-order valence-electron chi connectivity index (χ1n) is 6.39. The number of benzene rings is 2. The highest BCUT2D eigenvalue weighted by Crippen LogP contribution is 2.16. The summed E-state index contributed by atoms with van der Waals surface area (Å²) in [5, 5.41) is 0.688. The maximum Gasteiger partial charge on any atom is 0.254 e. The zero-order valence-corrected chi connectivity index (χ0v) is 13.5. The summed E-state index contributed by atoms with van der Waals surface area (Å²) in [4.78, 5) is 14.3. The summed E-state index contributed by atoms with van der Waals surface area (Å²) in [5.41, 5.74) is 1.71. The third-order valence-electron chi connectivity index (χ3n) is 3.00. The Morgan fingerprint density at radius 3 is 2.60 bits per heavy atom. The van der Waals surface area contributed by atoms with Crippen LogP contribution in [0, 0.1) is 0 Å². The van der Waals surface area contributed by atoms with Crippen molar-refractivity contribution in [3.8, 4) is 0 Å². The second kappa shape index (κ2) is 6.91. The lowest BCUT2D eigenvalue weighted by Gasteiger charge is -2.21. The van der Waals surface area contributed by atoms with Crippen molar-refractivity contribution >= 4 is 33.4 Å². The molecule has 0 radical (unpaired) electrons. The van der Waals surface area contributed by atoms with E-state index in [9.17, 15) is 4.79 Å². The topological polar surface area (TPSA) is 20.3 Å². The summed E-state index contributed by atoms with van der Waals surface area (Å²) < 4.78 is 0.905. The molecule has 0 fully saturated rings. The summed E-state index contributed by atoms with van der Waals surface area (Å²) in [6, 6.07) is 15.0. The molecule has 2 rings (SSSR count). The molecule has 0 aliphatic rings. The Labute approximate surface area is 132 Å². The fraction of sp³-hybridized carbons (Fsp3) is 0.188. The van der Waals surface area contributed by atoms with Crippen molar-refractivity contribution in [1.29, 1.82) is 0 Å². The van der Waals surface area contributed by atoms with Gasteiger partial charge in [-0.15, -0.1) is 0 Å². The lowest BCUT2D eigenvalue weighted by Crippen LogP contribution is -2.30. The molecule has 0 saturated carbocycles. The molecule has 104 valence electrons. The van der Waals surface area contributed by atoms with Crippen LogP contribution < -0.4 is 0 Å². The van der Waals surface area contributed by atoms with Crippen LogP contribution in [0.25, 0.3) is 0 Å². The first-order chi connectivity index (χ1) is 9.60. The Hall–Kier alpha value is -1.32. The first kappa shape index (κ1) is 15.1. The first-order valence-corrected chi connectivity index (χ1v) is 7.56. The van der Waals surface area contributed by atoms with Crippen LogP contribution in [0.1, 0.15) is 22.8 Å². The van der Waals surface area contributed by atoms with Gasteiger partial charge < -0.3 is 4.90 Å². The number of hydrogen-bond donors (Lipinski definition) is 0. The highest BCUT2D eigenvalue weighted by atomic mass is 79.9. The number of carbonyl (C=O) groups excluding carboxylic acids is 1. The maximum absolute atomic E-state index is 12.5. The molecule has 0 saturated heterocycles. The molecule has 0 unspecified atom stereocenters.